The van der Waals surface area contributed by atoms with Gasteiger partial charge in [0, 0.05) is 0 Å². The van der Waals surface area contributed by atoms with E-state index in [2.05, 4.69) is 10.1 Å². The van der Waals surface area contributed by atoms with E-state index in [1.807, 2.05) is 23.9 Å². The number of aromatic nitrogens is 3. The molecule has 0 saturated carbocycles. The maximum absolute atomic E-state index is 10.9. The van der Waals surface area contributed by atoms with Crippen molar-refractivity contribution in [3.63, 3.8) is 0 Å². The highest BCUT2D eigenvalue weighted by molar-refractivity contribution is 7.99. The minimum Gasteiger partial charge on any atom is -0.296 e. The van der Waals surface area contributed by atoms with Crippen LogP contribution in [0.2, 0.25) is 0 Å². The fourth-order valence-electron chi connectivity index (χ4n) is 1.95. The van der Waals surface area contributed by atoms with E-state index < -0.39 is 0 Å². The van der Waals surface area contributed by atoms with Crippen LogP contribution in [0, 0.1) is 0 Å². The molecule has 5 heteroatoms. The van der Waals surface area contributed by atoms with Gasteiger partial charge in [0.15, 0.2) is 17.8 Å². The number of pyridine rings is 1. The standard InChI is InChI=1S/C11H11N3OS/c15-7-8-3-1-5-10-12-11(13-14(8)10)9-4-2-6-16-9/h1,3,5,7,9H,2,4,6H2. The first kappa shape index (κ1) is 9.84. The molecular weight excluding hydrogens is 222 g/mol. The fraction of sp³-hybridized carbons (Fsp3) is 0.364. The van der Waals surface area contributed by atoms with E-state index in [1.165, 1.54) is 12.2 Å². The molecule has 0 spiro atoms. The van der Waals surface area contributed by atoms with Gasteiger partial charge in [0.25, 0.3) is 0 Å². The average Bonchev–Trinajstić information content (AvgIpc) is 2.96. The third kappa shape index (κ3) is 1.51. The lowest BCUT2D eigenvalue weighted by Gasteiger charge is -2.00. The van der Waals surface area contributed by atoms with Gasteiger partial charge in [-0.1, -0.05) is 6.07 Å². The van der Waals surface area contributed by atoms with E-state index in [9.17, 15) is 4.79 Å². The van der Waals surface area contributed by atoms with Crippen LogP contribution < -0.4 is 0 Å². The van der Waals surface area contributed by atoms with Crippen LogP contribution in [0.4, 0.5) is 0 Å². The van der Waals surface area contributed by atoms with Crippen LogP contribution in [0.5, 0.6) is 0 Å². The van der Waals surface area contributed by atoms with Gasteiger partial charge < -0.3 is 0 Å². The Hall–Kier alpha value is -1.36. The quantitative estimate of drug-likeness (QED) is 0.745. The summed E-state index contributed by atoms with van der Waals surface area (Å²) in [5.41, 5.74) is 1.31. The van der Waals surface area contributed by atoms with Gasteiger partial charge in [-0.15, -0.1) is 5.10 Å². The van der Waals surface area contributed by atoms with E-state index in [0.29, 0.717) is 10.9 Å². The highest BCUT2D eigenvalue weighted by Gasteiger charge is 2.22. The van der Waals surface area contributed by atoms with Crippen LogP contribution in [0.3, 0.4) is 0 Å². The largest absolute Gasteiger partial charge is 0.296 e. The molecular formula is C11H11N3OS. The molecule has 1 fully saturated rings. The molecule has 0 radical (unpaired) electrons. The summed E-state index contributed by atoms with van der Waals surface area (Å²) in [5.74, 6) is 2.04. The molecule has 1 saturated heterocycles. The Labute approximate surface area is 97.1 Å². The number of thioether (sulfide) groups is 1. The predicted molar refractivity (Wildman–Crippen MR) is 62.8 cm³/mol. The maximum atomic E-state index is 10.9. The Morgan fingerprint density at radius 3 is 3.19 bits per heavy atom. The number of carbonyl (C=O) groups excluding carboxylic acids is 1. The minimum atomic E-state index is 0.402. The predicted octanol–water partition coefficient (Wildman–Crippen LogP) is 2.11. The lowest BCUT2D eigenvalue weighted by atomic mass is 10.2. The molecule has 1 unspecified atom stereocenters. The Morgan fingerprint density at radius 1 is 1.50 bits per heavy atom. The zero-order chi connectivity index (χ0) is 11.0. The summed E-state index contributed by atoms with van der Waals surface area (Å²) < 4.78 is 1.63. The monoisotopic (exact) mass is 233 g/mol. The van der Waals surface area contributed by atoms with E-state index in [0.717, 1.165) is 24.2 Å². The molecule has 0 aliphatic carbocycles. The first-order valence-corrected chi connectivity index (χ1v) is 6.36. The molecule has 3 heterocycles. The molecule has 0 aromatic carbocycles. The van der Waals surface area contributed by atoms with Crippen LogP contribution in [0.15, 0.2) is 18.2 Å². The van der Waals surface area contributed by atoms with Crippen molar-refractivity contribution in [3.05, 3.63) is 29.7 Å². The molecule has 3 rings (SSSR count). The molecule has 2 aromatic rings. The first-order chi connectivity index (χ1) is 7.88. The minimum absolute atomic E-state index is 0.402. The molecule has 1 atom stereocenters. The molecule has 82 valence electrons. The van der Waals surface area contributed by atoms with Gasteiger partial charge in [-0.05, 0) is 30.7 Å². The number of fused-ring (bicyclic) bond motifs is 1. The van der Waals surface area contributed by atoms with Crippen molar-refractivity contribution in [1.29, 1.82) is 0 Å². The average molecular weight is 233 g/mol. The SMILES string of the molecule is O=Cc1cccc2nc(C3CCCS3)nn12. The summed E-state index contributed by atoms with van der Waals surface area (Å²) in [6.07, 6.45) is 3.18. The van der Waals surface area contributed by atoms with Crippen molar-refractivity contribution in [3.8, 4) is 0 Å². The summed E-state index contributed by atoms with van der Waals surface area (Å²) in [4.78, 5) is 15.3. The number of carbonyl (C=O) groups is 1. The van der Waals surface area contributed by atoms with Crippen molar-refractivity contribution in [2.75, 3.05) is 5.75 Å². The van der Waals surface area contributed by atoms with Crippen molar-refractivity contribution in [1.82, 2.24) is 14.6 Å². The summed E-state index contributed by atoms with van der Waals surface area (Å²) in [5, 5.41) is 4.82. The smallest absolute Gasteiger partial charge is 0.168 e. The first-order valence-electron chi connectivity index (χ1n) is 5.31. The van der Waals surface area contributed by atoms with Gasteiger partial charge >= 0.3 is 0 Å². The number of aldehydes is 1. The highest BCUT2D eigenvalue weighted by Crippen LogP contribution is 2.38. The van der Waals surface area contributed by atoms with Gasteiger partial charge in [0.2, 0.25) is 0 Å². The number of hydrogen-bond acceptors (Lipinski definition) is 4. The van der Waals surface area contributed by atoms with E-state index >= 15 is 0 Å². The van der Waals surface area contributed by atoms with Crippen LogP contribution in [0.1, 0.15) is 34.4 Å². The maximum Gasteiger partial charge on any atom is 0.168 e. The third-order valence-corrected chi connectivity index (χ3v) is 4.12. The second-order valence-electron chi connectivity index (χ2n) is 3.81. The van der Waals surface area contributed by atoms with Crippen LogP contribution >= 0.6 is 11.8 Å². The second-order valence-corrected chi connectivity index (χ2v) is 5.12. The van der Waals surface area contributed by atoms with Crippen molar-refractivity contribution >= 4 is 23.7 Å². The van der Waals surface area contributed by atoms with Gasteiger partial charge in [-0.25, -0.2) is 9.50 Å². The van der Waals surface area contributed by atoms with E-state index in [4.69, 9.17) is 0 Å². The zero-order valence-corrected chi connectivity index (χ0v) is 9.48. The lowest BCUT2D eigenvalue weighted by molar-refractivity contribution is 0.111. The van der Waals surface area contributed by atoms with Crippen molar-refractivity contribution in [2.45, 2.75) is 18.1 Å². The Morgan fingerprint density at radius 2 is 2.44 bits per heavy atom. The summed E-state index contributed by atoms with van der Waals surface area (Å²) >= 11 is 1.90. The van der Waals surface area contributed by atoms with Gasteiger partial charge in [-0.2, -0.15) is 11.8 Å². The molecule has 0 amide bonds. The molecule has 0 N–H and O–H groups in total. The zero-order valence-electron chi connectivity index (χ0n) is 8.67. The van der Waals surface area contributed by atoms with Crippen LogP contribution in [-0.4, -0.2) is 26.6 Å². The normalized spacial score (nSPS) is 20.4. The van der Waals surface area contributed by atoms with Gasteiger partial charge in [0.05, 0.1) is 5.25 Å². The van der Waals surface area contributed by atoms with Crippen molar-refractivity contribution in [2.24, 2.45) is 0 Å². The number of nitrogens with zero attached hydrogens (tertiary/aromatic N) is 3. The van der Waals surface area contributed by atoms with Crippen LogP contribution in [-0.2, 0) is 0 Å². The topological polar surface area (TPSA) is 47.3 Å². The number of rotatable bonds is 2. The second kappa shape index (κ2) is 3.90. The van der Waals surface area contributed by atoms with Gasteiger partial charge in [0.1, 0.15) is 5.69 Å². The van der Waals surface area contributed by atoms with Crippen LogP contribution in [0.25, 0.3) is 5.65 Å². The van der Waals surface area contributed by atoms with E-state index in [-0.39, 0.29) is 0 Å². The number of hydrogen-bond donors (Lipinski definition) is 0. The molecule has 0 bridgehead atoms. The van der Waals surface area contributed by atoms with E-state index in [1.54, 1.807) is 10.6 Å². The summed E-state index contributed by atoms with van der Waals surface area (Å²) in [6.45, 7) is 0. The molecule has 1 aliphatic heterocycles. The molecule has 16 heavy (non-hydrogen) atoms. The molecule has 2 aromatic heterocycles. The molecule has 4 nitrogen and oxygen atoms in total. The lowest BCUT2D eigenvalue weighted by Crippen LogP contribution is -1.97. The summed E-state index contributed by atoms with van der Waals surface area (Å²) in [7, 11) is 0. The Kier molecular flexibility index (Phi) is 2.40. The third-order valence-electron chi connectivity index (χ3n) is 2.74. The fourth-order valence-corrected chi connectivity index (χ4v) is 3.15. The molecule has 1 aliphatic rings. The summed E-state index contributed by atoms with van der Waals surface area (Å²) in [6, 6.07) is 5.46. The highest BCUT2D eigenvalue weighted by atomic mass is 32.2. The Balaban J connectivity index is 2.11. The van der Waals surface area contributed by atoms with Crippen molar-refractivity contribution < 1.29 is 4.79 Å². The Bertz CT molecular complexity index is 531. The van der Waals surface area contributed by atoms with Gasteiger partial charge in [-0.3, -0.25) is 4.79 Å².